The number of hydrogen-bond acceptors (Lipinski definition) is 9. The highest BCUT2D eigenvalue weighted by Crippen LogP contribution is 2.26. The quantitative estimate of drug-likeness (QED) is 0.234. The Morgan fingerprint density at radius 2 is 1.20 bits per heavy atom. The van der Waals surface area contributed by atoms with Crippen molar-refractivity contribution in [1.82, 2.24) is 20.4 Å². The molecule has 0 aromatic heterocycles. The van der Waals surface area contributed by atoms with Crippen LogP contribution in [-0.2, 0) is 23.9 Å². The Kier molecular flexibility index (Phi) is 10.6. The monoisotopic (exact) mass is 614 g/mol. The molecule has 242 valence electrons. The average molecular weight is 615 g/mol. The lowest BCUT2D eigenvalue weighted by atomic mass is 9.86. The number of rotatable bonds is 8. The molecule has 2 fully saturated rings. The second kappa shape index (κ2) is 13.4. The van der Waals surface area contributed by atoms with Crippen molar-refractivity contribution >= 4 is 35.9 Å². The molecule has 44 heavy (non-hydrogen) atoms. The van der Waals surface area contributed by atoms with E-state index in [4.69, 9.17) is 16.2 Å². The number of benzene rings is 1. The zero-order valence-electron chi connectivity index (χ0n) is 26.6. The lowest BCUT2D eigenvalue weighted by Gasteiger charge is -2.32. The molecular formula is C31H46N6O7. The zero-order valence-corrected chi connectivity index (χ0v) is 26.6. The van der Waals surface area contributed by atoms with E-state index in [1.165, 1.54) is 41.2 Å². The molecule has 0 radical (unpaired) electrons. The molecule has 0 spiro atoms. The van der Waals surface area contributed by atoms with E-state index in [0.29, 0.717) is 11.8 Å². The smallest absolute Gasteiger partial charge is 0.328 e. The molecule has 0 bridgehead atoms. The first kappa shape index (κ1) is 34.6. The lowest BCUT2D eigenvalue weighted by Crippen LogP contribution is -2.53. The van der Waals surface area contributed by atoms with Crippen molar-refractivity contribution in [2.45, 2.75) is 90.6 Å². The third-order valence-electron chi connectivity index (χ3n) is 8.32. The first-order valence-corrected chi connectivity index (χ1v) is 14.8. The van der Waals surface area contributed by atoms with Gasteiger partial charge in [-0.05, 0) is 41.5 Å². The SMILES string of the molecule is COC(=O)C1CC(NC(=O)c2ccc(C(=O)NC3CC(C=O)N(C(=O)C(N)C(C)(C)C)C3)cc2)CN1C(=O)C(N)C(C)(C)C. The Balaban J connectivity index is 1.62. The van der Waals surface area contributed by atoms with Crippen LogP contribution < -0.4 is 22.1 Å². The number of aldehydes is 1. The molecular weight excluding hydrogens is 568 g/mol. The molecule has 2 saturated heterocycles. The summed E-state index contributed by atoms with van der Waals surface area (Å²) in [6.45, 7) is 11.3. The van der Waals surface area contributed by atoms with E-state index in [9.17, 15) is 28.8 Å². The second-order valence-corrected chi connectivity index (χ2v) is 13.8. The first-order chi connectivity index (χ1) is 20.4. The normalized spacial score (nSPS) is 23.5. The molecule has 1 aromatic carbocycles. The molecule has 6 N–H and O–H groups in total. The fraction of sp³-hybridized carbons (Fsp3) is 0.613. The Morgan fingerprint density at radius 1 is 0.795 bits per heavy atom. The third-order valence-corrected chi connectivity index (χ3v) is 8.32. The van der Waals surface area contributed by atoms with E-state index in [0.717, 1.165) is 0 Å². The van der Waals surface area contributed by atoms with Gasteiger partial charge in [-0.15, -0.1) is 0 Å². The van der Waals surface area contributed by atoms with Gasteiger partial charge in [-0.25, -0.2) is 4.79 Å². The molecule has 13 nitrogen and oxygen atoms in total. The molecule has 2 aliphatic rings. The van der Waals surface area contributed by atoms with Gasteiger partial charge in [0.1, 0.15) is 12.3 Å². The van der Waals surface area contributed by atoms with Gasteiger partial charge in [-0.2, -0.15) is 0 Å². The minimum Gasteiger partial charge on any atom is -0.467 e. The third kappa shape index (κ3) is 7.81. The van der Waals surface area contributed by atoms with Crippen molar-refractivity contribution in [3.05, 3.63) is 35.4 Å². The van der Waals surface area contributed by atoms with Crippen molar-refractivity contribution < 1.29 is 33.5 Å². The highest BCUT2D eigenvalue weighted by atomic mass is 16.5. The number of nitrogens with two attached hydrogens (primary N) is 2. The van der Waals surface area contributed by atoms with Crippen LogP contribution in [0.2, 0.25) is 0 Å². The number of nitrogens with one attached hydrogen (secondary N) is 2. The number of nitrogens with zero attached hydrogens (tertiary/aromatic N) is 2. The Morgan fingerprint density at radius 3 is 1.61 bits per heavy atom. The van der Waals surface area contributed by atoms with E-state index in [-0.39, 0.29) is 37.4 Å². The van der Waals surface area contributed by atoms with Crippen LogP contribution in [0.5, 0.6) is 0 Å². The maximum absolute atomic E-state index is 13.1. The predicted molar refractivity (Wildman–Crippen MR) is 162 cm³/mol. The summed E-state index contributed by atoms with van der Waals surface area (Å²) in [6, 6.07) is 1.83. The van der Waals surface area contributed by atoms with Crippen LogP contribution in [0, 0.1) is 10.8 Å². The summed E-state index contributed by atoms with van der Waals surface area (Å²) < 4.78 is 4.89. The summed E-state index contributed by atoms with van der Waals surface area (Å²) in [5, 5.41) is 5.72. The van der Waals surface area contributed by atoms with Crippen LogP contribution in [0.1, 0.15) is 75.1 Å². The average Bonchev–Trinajstić information content (AvgIpc) is 3.58. The van der Waals surface area contributed by atoms with E-state index in [2.05, 4.69) is 10.6 Å². The molecule has 2 heterocycles. The highest BCUT2D eigenvalue weighted by molar-refractivity contribution is 5.98. The van der Waals surface area contributed by atoms with Gasteiger partial charge in [0.25, 0.3) is 11.8 Å². The van der Waals surface area contributed by atoms with Gasteiger partial charge in [-0.3, -0.25) is 19.2 Å². The van der Waals surface area contributed by atoms with Gasteiger partial charge in [-0.1, -0.05) is 41.5 Å². The fourth-order valence-corrected chi connectivity index (χ4v) is 5.31. The maximum atomic E-state index is 13.1. The molecule has 2 aliphatic heterocycles. The molecule has 6 unspecified atom stereocenters. The van der Waals surface area contributed by atoms with Crippen molar-refractivity contribution in [3.63, 3.8) is 0 Å². The Hall–Kier alpha value is -3.84. The molecule has 3 rings (SSSR count). The molecule has 0 aliphatic carbocycles. The minimum atomic E-state index is -0.873. The van der Waals surface area contributed by atoms with Crippen LogP contribution in [0.3, 0.4) is 0 Å². The zero-order chi connectivity index (χ0) is 33.1. The number of amides is 4. The Bertz CT molecular complexity index is 1270. The van der Waals surface area contributed by atoms with Gasteiger partial charge < -0.3 is 41.4 Å². The van der Waals surface area contributed by atoms with E-state index in [1.54, 1.807) is 0 Å². The van der Waals surface area contributed by atoms with Gasteiger partial charge >= 0.3 is 5.97 Å². The number of carbonyl (C=O) groups is 6. The van der Waals surface area contributed by atoms with Crippen molar-refractivity contribution in [2.75, 3.05) is 20.2 Å². The van der Waals surface area contributed by atoms with Gasteiger partial charge in [0.15, 0.2) is 0 Å². The summed E-state index contributed by atoms with van der Waals surface area (Å²) in [7, 11) is 1.24. The summed E-state index contributed by atoms with van der Waals surface area (Å²) in [6.07, 6.45) is 1.13. The minimum absolute atomic E-state index is 0.0952. The lowest BCUT2D eigenvalue weighted by molar-refractivity contribution is -0.152. The molecule has 0 saturated carbocycles. The van der Waals surface area contributed by atoms with Gasteiger partial charge in [0.2, 0.25) is 11.8 Å². The van der Waals surface area contributed by atoms with Crippen LogP contribution >= 0.6 is 0 Å². The van der Waals surface area contributed by atoms with E-state index >= 15 is 0 Å². The molecule has 6 atom stereocenters. The number of likely N-dealkylation sites (tertiary alicyclic amines) is 2. The standard InChI is InChI=1S/C31H46N6O7/c1-30(2,3)23(32)27(41)36-14-19(12-21(36)16-38)34-25(39)17-8-10-18(11-9-17)26(40)35-20-13-22(29(43)44-7)37(15-20)28(42)24(33)31(4,5)6/h8-11,16,19-24H,12-15,32-33H2,1-7H3,(H,34,39)(H,35,40). The number of esters is 1. The van der Waals surface area contributed by atoms with Crippen molar-refractivity contribution in [2.24, 2.45) is 22.3 Å². The van der Waals surface area contributed by atoms with Crippen molar-refractivity contribution in [1.29, 1.82) is 0 Å². The summed E-state index contributed by atoms with van der Waals surface area (Å²) in [4.78, 5) is 78.9. The van der Waals surface area contributed by atoms with Gasteiger partial charge in [0.05, 0.1) is 25.2 Å². The second-order valence-electron chi connectivity index (χ2n) is 13.8. The number of carbonyl (C=O) groups excluding carboxylic acids is 6. The number of ether oxygens (including phenoxy) is 1. The van der Waals surface area contributed by atoms with Crippen LogP contribution in [0.25, 0.3) is 0 Å². The van der Waals surface area contributed by atoms with Crippen LogP contribution in [0.4, 0.5) is 0 Å². The summed E-state index contributed by atoms with van der Waals surface area (Å²) in [5.74, 6) is -2.17. The van der Waals surface area contributed by atoms with E-state index in [1.807, 2.05) is 41.5 Å². The highest BCUT2D eigenvalue weighted by Gasteiger charge is 2.44. The van der Waals surface area contributed by atoms with E-state index < -0.39 is 70.8 Å². The summed E-state index contributed by atoms with van der Waals surface area (Å²) in [5.41, 5.74) is 11.8. The van der Waals surface area contributed by atoms with Crippen molar-refractivity contribution in [3.8, 4) is 0 Å². The van der Waals surface area contributed by atoms with Crippen LogP contribution in [-0.4, -0.2) is 102 Å². The van der Waals surface area contributed by atoms with Gasteiger partial charge in [0, 0.05) is 42.7 Å². The molecule has 13 heteroatoms. The fourth-order valence-electron chi connectivity index (χ4n) is 5.31. The number of hydrogen-bond donors (Lipinski definition) is 4. The maximum Gasteiger partial charge on any atom is 0.328 e. The topological polar surface area (TPSA) is 194 Å². The molecule has 1 aromatic rings. The largest absolute Gasteiger partial charge is 0.467 e. The predicted octanol–water partition coefficient (Wildman–Crippen LogP) is 0.204. The number of methoxy groups -OCH3 is 1. The first-order valence-electron chi connectivity index (χ1n) is 14.8. The summed E-state index contributed by atoms with van der Waals surface area (Å²) >= 11 is 0. The Labute approximate surface area is 258 Å². The van der Waals surface area contributed by atoms with Crippen LogP contribution in [0.15, 0.2) is 24.3 Å². The molecule has 4 amide bonds.